The van der Waals surface area contributed by atoms with Crippen molar-refractivity contribution in [1.82, 2.24) is 10.6 Å². The minimum atomic E-state index is -0.493. The van der Waals surface area contributed by atoms with Crippen molar-refractivity contribution in [2.24, 2.45) is 5.73 Å². The molecule has 5 heteroatoms. The van der Waals surface area contributed by atoms with Crippen LogP contribution in [-0.2, 0) is 13.0 Å². The molecule has 0 saturated heterocycles. The number of hydrogen-bond acceptors (Lipinski definition) is 3. The van der Waals surface area contributed by atoms with Crippen LogP contribution in [0.1, 0.15) is 25.0 Å². The van der Waals surface area contributed by atoms with E-state index in [1.165, 1.54) is 5.56 Å². The first kappa shape index (κ1) is 13.7. The van der Waals surface area contributed by atoms with Gasteiger partial charge in [-0.3, -0.25) is 0 Å². The normalized spacial score (nSPS) is 15.7. The van der Waals surface area contributed by atoms with E-state index in [2.05, 4.69) is 42.7 Å². The van der Waals surface area contributed by atoms with Crippen LogP contribution < -0.4 is 21.1 Å². The van der Waals surface area contributed by atoms with Gasteiger partial charge in [-0.1, -0.05) is 18.2 Å². The lowest BCUT2D eigenvalue weighted by Gasteiger charge is -2.18. The molecule has 1 aliphatic heterocycles. The summed E-state index contributed by atoms with van der Waals surface area (Å²) in [7, 11) is 0. The van der Waals surface area contributed by atoms with Gasteiger partial charge < -0.3 is 21.1 Å². The number of nitrogens with two attached hydrogens (primary N) is 1. The number of carbonyl (C=O) groups excluding carboxylic acids is 1. The SMILES string of the molecule is CC1(C)Cc2cccc(CNCCNC(N)=O)c2O1. The molecule has 4 N–H and O–H groups in total. The fourth-order valence-electron chi connectivity index (χ4n) is 2.32. The van der Waals surface area contributed by atoms with Gasteiger partial charge in [0, 0.05) is 31.6 Å². The van der Waals surface area contributed by atoms with Crippen molar-refractivity contribution in [3.63, 3.8) is 0 Å². The number of para-hydroxylation sites is 1. The lowest BCUT2D eigenvalue weighted by molar-refractivity contribution is 0.137. The van der Waals surface area contributed by atoms with E-state index in [1.807, 2.05) is 0 Å². The smallest absolute Gasteiger partial charge is 0.312 e. The fourth-order valence-corrected chi connectivity index (χ4v) is 2.32. The number of benzene rings is 1. The van der Waals surface area contributed by atoms with Gasteiger partial charge in [-0.05, 0) is 19.4 Å². The summed E-state index contributed by atoms with van der Waals surface area (Å²) in [5, 5.41) is 5.81. The highest BCUT2D eigenvalue weighted by Crippen LogP contribution is 2.37. The van der Waals surface area contributed by atoms with Crippen molar-refractivity contribution in [2.75, 3.05) is 13.1 Å². The molecule has 0 saturated carbocycles. The summed E-state index contributed by atoms with van der Waals surface area (Å²) in [5.41, 5.74) is 7.29. The molecule has 0 spiro atoms. The predicted molar refractivity (Wildman–Crippen MR) is 74.1 cm³/mol. The molecule has 2 amide bonds. The molecule has 0 aromatic heterocycles. The Morgan fingerprint density at radius 2 is 2.21 bits per heavy atom. The van der Waals surface area contributed by atoms with Crippen LogP contribution in [-0.4, -0.2) is 24.7 Å². The zero-order chi connectivity index (χ0) is 13.9. The van der Waals surface area contributed by atoms with Crippen molar-refractivity contribution in [2.45, 2.75) is 32.4 Å². The molecule has 0 fully saturated rings. The Balaban J connectivity index is 1.89. The van der Waals surface area contributed by atoms with E-state index in [1.54, 1.807) is 0 Å². The third-order valence-corrected chi connectivity index (χ3v) is 3.09. The maximum Gasteiger partial charge on any atom is 0.312 e. The summed E-state index contributed by atoms with van der Waals surface area (Å²) >= 11 is 0. The first-order valence-corrected chi connectivity index (χ1v) is 6.52. The number of rotatable bonds is 5. The highest BCUT2D eigenvalue weighted by Gasteiger charge is 2.31. The van der Waals surface area contributed by atoms with E-state index < -0.39 is 6.03 Å². The molecule has 0 radical (unpaired) electrons. The summed E-state index contributed by atoms with van der Waals surface area (Å²) in [6.45, 7) is 6.12. The Morgan fingerprint density at radius 3 is 2.95 bits per heavy atom. The zero-order valence-corrected chi connectivity index (χ0v) is 11.5. The number of amides is 2. The summed E-state index contributed by atoms with van der Waals surface area (Å²) < 4.78 is 5.99. The van der Waals surface area contributed by atoms with Crippen molar-refractivity contribution >= 4 is 6.03 Å². The fraction of sp³-hybridized carbons (Fsp3) is 0.500. The second-order valence-electron chi connectivity index (χ2n) is 5.41. The molecule has 5 nitrogen and oxygen atoms in total. The van der Waals surface area contributed by atoms with E-state index in [-0.39, 0.29) is 5.60 Å². The number of fused-ring (bicyclic) bond motifs is 1. The molecule has 0 bridgehead atoms. The predicted octanol–water partition coefficient (Wildman–Crippen LogP) is 1.16. The number of primary amides is 1. The zero-order valence-electron chi connectivity index (χ0n) is 11.5. The molecule has 19 heavy (non-hydrogen) atoms. The van der Waals surface area contributed by atoms with Gasteiger partial charge in [0.25, 0.3) is 0 Å². The number of urea groups is 1. The minimum Gasteiger partial charge on any atom is -0.487 e. The van der Waals surface area contributed by atoms with E-state index in [0.717, 1.165) is 24.3 Å². The van der Waals surface area contributed by atoms with E-state index >= 15 is 0 Å². The van der Waals surface area contributed by atoms with Crippen molar-refractivity contribution < 1.29 is 9.53 Å². The van der Waals surface area contributed by atoms with Crippen LogP contribution in [0.5, 0.6) is 5.75 Å². The van der Waals surface area contributed by atoms with Crippen LogP contribution in [0.4, 0.5) is 4.79 Å². The Kier molecular flexibility index (Phi) is 3.95. The van der Waals surface area contributed by atoms with Gasteiger partial charge in [0.05, 0.1) is 0 Å². The molecular formula is C14H21N3O2. The average molecular weight is 263 g/mol. The van der Waals surface area contributed by atoms with Crippen LogP contribution >= 0.6 is 0 Å². The van der Waals surface area contributed by atoms with E-state index in [9.17, 15) is 4.79 Å². The van der Waals surface area contributed by atoms with Gasteiger partial charge in [0.1, 0.15) is 11.4 Å². The molecular weight excluding hydrogens is 242 g/mol. The van der Waals surface area contributed by atoms with Crippen molar-refractivity contribution in [3.8, 4) is 5.75 Å². The van der Waals surface area contributed by atoms with Crippen LogP contribution in [0, 0.1) is 0 Å². The highest BCUT2D eigenvalue weighted by molar-refractivity contribution is 5.71. The van der Waals surface area contributed by atoms with Gasteiger partial charge in [-0.15, -0.1) is 0 Å². The Hall–Kier alpha value is -1.75. The summed E-state index contributed by atoms with van der Waals surface area (Å²) in [6.07, 6.45) is 0.944. The molecule has 2 rings (SSSR count). The molecule has 0 atom stereocenters. The Bertz CT molecular complexity index is 472. The Labute approximate surface area is 113 Å². The number of nitrogens with one attached hydrogen (secondary N) is 2. The van der Waals surface area contributed by atoms with Gasteiger partial charge >= 0.3 is 6.03 Å². The summed E-state index contributed by atoms with van der Waals surface area (Å²) in [5.74, 6) is 1.00. The average Bonchev–Trinajstić information content (AvgIpc) is 2.63. The van der Waals surface area contributed by atoms with Crippen molar-refractivity contribution in [3.05, 3.63) is 29.3 Å². The summed E-state index contributed by atoms with van der Waals surface area (Å²) in [6, 6.07) is 5.74. The van der Waals surface area contributed by atoms with Crippen LogP contribution in [0.15, 0.2) is 18.2 Å². The van der Waals surface area contributed by atoms with Crippen LogP contribution in [0.3, 0.4) is 0 Å². The second-order valence-corrected chi connectivity index (χ2v) is 5.41. The topological polar surface area (TPSA) is 76.4 Å². The maximum atomic E-state index is 10.5. The molecule has 1 aromatic rings. The lowest BCUT2D eigenvalue weighted by Crippen LogP contribution is -2.35. The Morgan fingerprint density at radius 1 is 1.42 bits per heavy atom. The number of ether oxygens (including phenoxy) is 1. The van der Waals surface area contributed by atoms with Gasteiger partial charge in [-0.2, -0.15) is 0 Å². The molecule has 0 aliphatic carbocycles. The van der Waals surface area contributed by atoms with Crippen molar-refractivity contribution in [1.29, 1.82) is 0 Å². The molecule has 104 valence electrons. The van der Waals surface area contributed by atoms with E-state index in [0.29, 0.717) is 13.1 Å². The molecule has 1 aliphatic rings. The van der Waals surface area contributed by atoms with Gasteiger partial charge in [0.15, 0.2) is 0 Å². The first-order valence-electron chi connectivity index (χ1n) is 6.52. The molecule has 1 aromatic carbocycles. The minimum absolute atomic E-state index is 0.119. The molecule has 0 unspecified atom stereocenters. The third-order valence-electron chi connectivity index (χ3n) is 3.09. The largest absolute Gasteiger partial charge is 0.487 e. The van der Waals surface area contributed by atoms with Gasteiger partial charge in [-0.25, -0.2) is 4.79 Å². The monoisotopic (exact) mass is 263 g/mol. The molecule has 1 heterocycles. The quantitative estimate of drug-likeness (QED) is 0.698. The van der Waals surface area contributed by atoms with Crippen LogP contribution in [0.25, 0.3) is 0 Å². The summed E-state index contributed by atoms with van der Waals surface area (Å²) in [4.78, 5) is 10.5. The van der Waals surface area contributed by atoms with Gasteiger partial charge in [0.2, 0.25) is 0 Å². The highest BCUT2D eigenvalue weighted by atomic mass is 16.5. The third kappa shape index (κ3) is 3.61. The first-order chi connectivity index (χ1) is 8.98. The maximum absolute atomic E-state index is 10.5. The number of hydrogen-bond donors (Lipinski definition) is 3. The lowest BCUT2D eigenvalue weighted by atomic mass is 10.0. The van der Waals surface area contributed by atoms with E-state index in [4.69, 9.17) is 10.5 Å². The second kappa shape index (κ2) is 5.48. The number of carbonyl (C=O) groups is 1. The van der Waals surface area contributed by atoms with Crippen LogP contribution in [0.2, 0.25) is 0 Å². The standard InChI is InChI=1S/C14H21N3O2/c1-14(2)8-10-4-3-5-11(12(10)19-14)9-16-6-7-17-13(15)18/h3-5,16H,6-9H2,1-2H3,(H3,15,17,18).